The van der Waals surface area contributed by atoms with Crippen LogP contribution >= 0.6 is 0 Å². The van der Waals surface area contributed by atoms with E-state index < -0.39 is 46.9 Å². The number of aromatic nitrogens is 4. The molecule has 15 heteroatoms. The molecule has 3 aromatic heterocycles. The van der Waals surface area contributed by atoms with Gasteiger partial charge >= 0.3 is 11.7 Å². The van der Waals surface area contributed by atoms with Gasteiger partial charge in [0.25, 0.3) is 17.4 Å². The third-order valence-electron chi connectivity index (χ3n) is 10.2. The van der Waals surface area contributed by atoms with Crippen molar-refractivity contribution in [2.45, 2.75) is 44.7 Å². The van der Waals surface area contributed by atoms with Crippen LogP contribution in [0.1, 0.15) is 34.0 Å². The number of benzene rings is 3. The maximum Gasteiger partial charge on any atom is 0.335 e. The van der Waals surface area contributed by atoms with Crippen LogP contribution in [-0.4, -0.2) is 75.4 Å². The molecule has 12 nitrogen and oxygen atoms in total. The Morgan fingerprint density at radius 1 is 1.04 bits per heavy atom. The average Bonchev–Trinajstić information content (AvgIpc) is 3.20. The molecule has 6 aromatic rings. The van der Waals surface area contributed by atoms with Crippen molar-refractivity contribution < 1.29 is 32.2 Å². The average molecular weight is 781 g/mol. The second-order valence-electron chi connectivity index (χ2n) is 14.0. The number of nitrogens with zero attached hydrogens (tertiary/aromatic N) is 5. The van der Waals surface area contributed by atoms with Gasteiger partial charge in [-0.15, -0.1) is 0 Å². The number of pyridine rings is 2. The second kappa shape index (κ2) is 16.0. The van der Waals surface area contributed by atoms with Crippen LogP contribution in [0.4, 0.5) is 18.9 Å². The Labute approximate surface area is 324 Å². The fraction of sp³-hybridized carbons (Fsp3) is 0.286. The Balaban J connectivity index is 1.23. The van der Waals surface area contributed by atoms with Crippen molar-refractivity contribution in [3.05, 3.63) is 140 Å². The summed E-state index contributed by atoms with van der Waals surface area (Å²) in [6.07, 6.45) is 4.65. The summed E-state index contributed by atoms with van der Waals surface area (Å²) in [5, 5.41) is 3.41. The minimum atomic E-state index is -3.15. The number of amides is 1. The minimum Gasteiger partial charge on any atom is -0.464 e. The zero-order valence-electron chi connectivity index (χ0n) is 31.4. The summed E-state index contributed by atoms with van der Waals surface area (Å²) in [5.74, 6) is -5.81. The van der Waals surface area contributed by atoms with E-state index in [-0.39, 0.29) is 66.2 Å². The number of ether oxygens (including phenoxy) is 2. The molecular weight excluding hydrogens is 741 g/mol. The number of morpholine rings is 1. The van der Waals surface area contributed by atoms with E-state index in [9.17, 15) is 28.0 Å². The van der Waals surface area contributed by atoms with Gasteiger partial charge in [-0.05, 0) is 53.9 Å². The summed E-state index contributed by atoms with van der Waals surface area (Å²) in [5.41, 5.74) is 1.05. The number of rotatable bonds is 11. The molecule has 4 heterocycles. The molecule has 0 bridgehead atoms. The van der Waals surface area contributed by atoms with Gasteiger partial charge in [0.1, 0.15) is 17.9 Å². The molecule has 0 spiro atoms. The first-order valence-electron chi connectivity index (χ1n) is 18.3. The summed E-state index contributed by atoms with van der Waals surface area (Å²) in [7, 11) is 1.53. The highest BCUT2D eigenvalue weighted by Crippen LogP contribution is 2.32. The monoisotopic (exact) mass is 780 g/mol. The Morgan fingerprint density at radius 2 is 1.82 bits per heavy atom. The predicted octanol–water partition coefficient (Wildman–Crippen LogP) is 5.07. The van der Waals surface area contributed by atoms with Crippen LogP contribution in [-0.2, 0) is 34.2 Å². The minimum absolute atomic E-state index is 0.00891. The number of hydrogen-bond acceptors (Lipinski definition) is 9. The van der Waals surface area contributed by atoms with Crippen molar-refractivity contribution in [2.75, 3.05) is 31.3 Å². The molecule has 1 saturated heterocycles. The third-order valence-corrected chi connectivity index (χ3v) is 10.2. The van der Waals surface area contributed by atoms with Crippen molar-refractivity contribution >= 4 is 39.4 Å². The van der Waals surface area contributed by atoms with Gasteiger partial charge in [0.2, 0.25) is 0 Å². The summed E-state index contributed by atoms with van der Waals surface area (Å²) in [4.78, 5) is 64.9. The zero-order chi connectivity index (χ0) is 40.4. The molecule has 0 aliphatic carbocycles. The highest BCUT2D eigenvalue weighted by Gasteiger charge is 2.41. The molecule has 3 aromatic carbocycles. The summed E-state index contributed by atoms with van der Waals surface area (Å²) in [6, 6.07) is 17.2. The van der Waals surface area contributed by atoms with Gasteiger partial charge in [0.15, 0.2) is 0 Å². The van der Waals surface area contributed by atoms with Gasteiger partial charge in [-0.2, -0.15) is 0 Å². The quantitative estimate of drug-likeness (QED) is 0.179. The first kappa shape index (κ1) is 38.9. The van der Waals surface area contributed by atoms with Crippen molar-refractivity contribution in [3.63, 3.8) is 0 Å². The zero-order valence-corrected chi connectivity index (χ0v) is 31.4. The van der Waals surface area contributed by atoms with E-state index >= 15 is 4.39 Å². The van der Waals surface area contributed by atoms with Gasteiger partial charge in [-0.3, -0.25) is 24.1 Å². The number of hydrogen-bond donors (Lipinski definition) is 1. The number of esters is 1. The Kier molecular flexibility index (Phi) is 10.9. The molecule has 1 amide bonds. The molecule has 1 aliphatic rings. The first-order valence-corrected chi connectivity index (χ1v) is 18.3. The van der Waals surface area contributed by atoms with E-state index in [4.69, 9.17) is 9.47 Å². The Hall–Kier alpha value is -6.35. The van der Waals surface area contributed by atoms with E-state index in [1.165, 1.54) is 54.2 Å². The van der Waals surface area contributed by atoms with Crippen LogP contribution in [0.25, 0.3) is 27.5 Å². The topological polar surface area (TPSA) is 138 Å². The van der Waals surface area contributed by atoms with E-state index in [0.29, 0.717) is 22.9 Å². The van der Waals surface area contributed by atoms with Crippen molar-refractivity contribution in [1.29, 1.82) is 0 Å². The molecule has 0 saturated carbocycles. The summed E-state index contributed by atoms with van der Waals surface area (Å²) in [6.45, 7) is 2.27. The number of fused-ring (bicyclic) bond motifs is 2. The van der Waals surface area contributed by atoms with Crippen LogP contribution in [0.5, 0.6) is 0 Å². The fourth-order valence-corrected chi connectivity index (χ4v) is 7.25. The predicted molar refractivity (Wildman–Crippen MR) is 208 cm³/mol. The van der Waals surface area contributed by atoms with Crippen molar-refractivity contribution in [2.24, 2.45) is 7.05 Å². The number of alkyl halides is 2. The molecular formula is C42H39F3N6O6. The van der Waals surface area contributed by atoms with Crippen molar-refractivity contribution in [1.82, 2.24) is 24.4 Å². The summed E-state index contributed by atoms with van der Waals surface area (Å²) >= 11 is 0. The van der Waals surface area contributed by atoms with Crippen molar-refractivity contribution in [3.8, 4) is 5.69 Å². The highest BCUT2D eigenvalue weighted by atomic mass is 19.3. The van der Waals surface area contributed by atoms with Gasteiger partial charge in [-0.25, -0.2) is 27.3 Å². The lowest BCUT2D eigenvalue weighted by molar-refractivity contribution is -0.145. The van der Waals surface area contributed by atoms with Crippen LogP contribution in [0.3, 0.4) is 0 Å². The molecule has 0 unspecified atom stereocenters. The number of nitrogens with one attached hydrogen (secondary N) is 1. The van der Waals surface area contributed by atoms with Gasteiger partial charge in [0, 0.05) is 56.8 Å². The number of aryl methyl sites for hydroxylation is 2. The number of carbonyl (C=O) groups is 2. The highest BCUT2D eigenvalue weighted by molar-refractivity contribution is 5.99. The second-order valence-corrected chi connectivity index (χ2v) is 14.0. The third kappa shape index (κ3) is 7.87. The van der Waals surface area contributed by atoms with Gasteiger partial charge in [-0.1, -0.05) is 42.5 Å². The smallest absolute Gasteiger partial charge is 0.335 e. The van der Waals surface area contributed by atoms with E-state index in [2.05, 4.69) is 15.3 Å². The largest absolute Gasteiger partial charge is 0.464 e. The van der Waals surface area contributed by atoms with E-state index in [1.54, 1.807) is 24.3 Å². The molecule has 1 aliphatic heterocycles. The molecule has 1 fully saturated rings. The molecule has 1 N–H and O–H groups in total. The lowest BCUT2D eigenvalue weighted by Crippen LogP contribution is -2.54. The molecule has 7 rings (SSSR count). The molecule has 57 heavy (non-hydrogen) atoms. The maximum atomic E-state index is 15.9. The Morgan fingerprint density at radius 3 is 2.58 bits per heavy atom. The normalized spacial score (nSPS) is 15.1. The SMILES string of the molecule is Cc1cc(N2CCOC[C@@H]2C(C)(F)F)cc(F)c1C(=O)N[C@@H](Cc1ccc(-n2c(=O)c3ccncc3n(C)c2=O)c2ncccc12)C(=O)OCCc1ccccc1. The van der Waals surface area contributed by atoms with E-state index in [0.717, 1.165) is 23.1 Å². The van der Waals surface area contributed by atoms with Gasteiger partial charge in [0.05, 0.1) is 53.7 Å². The van der Waals surface area contributed by atoms with E-state index in [1.807, 2.05) is 30.3 Å². The standard InChI is InChI=1S/C42H39F3N6O6/c1-25-20-28(50-17-19-56-24-35(50)42(2,44)45)22-31(43)36(25)38(52)48-32(40(54)57-18-14-26-8-5-4-6-9-26)21-27-11-12-33(37-29(27)10-7-15-47-37)51-39(53)30-13-16-46-23-34(30)49(3)41(51)55/h4-13,15-16,20,22-23,32,35H,14,17-19,21,24H2,1-3H3,(H,48,52)/t32-,35+/m0/s1. The molecule has 2 atom stereocenters. The van der Waals surface area contributed by atoms with Crippen LogP contribution in [0.15, 0.2) is 101 Å². The summed E-state index contributed by atoms with van der Waals surface area (Å²) < 4.78 is 58.2. The van der Waals surface area contributed by atoms with Crippen LogP contribution in [0, 0.1) is 12.7 Å². The van der Waals surface area contributed by atoms with Crippen LogP contribution in [0.2, 0.25) is 0 Å². The lowest BCUT2D eigenvalue weighted by Gasteiger charge is -2.40. The number of halogens is 3. The number of carbonyl (C=O) groups excluding carboxylic acids is 2. The molecule has 0 radical (unpaired) electrons. The number of anilines is 1. The lowest BCUT2D eigenvalue weighted by atomic mass is 9.98. The van der Waals surface area contributed by atoms with Gasteiger partial charge < -0.3 is 19.7 Å². The maximum absolute atomic E-state index is 15.9. The Bertz CT molecular complexity index is 2590. The first-order chi connectivity index (χ1) is 27.3. The van der Waals surface area contributed by atoms with Crippen LogP contribution < -0.4 is 21.5 Å². The fourth-order valence-electron chi connectivity index (χ4n) is 7.25. The molecule has 294 valence electrons.